The molecular weight excluding hydrogens is 124 g/mol. The zero-order chi connectivity index (χ0) is 7.56. The van der Waals surface area contributed by atoms with Crippen LogP contribution in [-0.4, -0.2) is 18.9 Å². The van der Waals surface area contributed by atoms with Crippen molar-refractivity contribution in [2.45, 2.75) is 26.8 Å². The van der Waals surface area contributed by atoms with Crippen molar-refractivity contribution in [3.8, 4) is 0 Å². The second-order valence-electron chi connectivity index (χ2n) is 3.41. The van der Waals surface area contributed by atoms with Gasteiger partial charge in [-0.15, -0.1) is 0 Å². The highest BCUT2D eigenvalue weighted by molar-refractivity contribution is 5.55. The third kappa shape index (κ3) is 1.49. The molecule has 0 radical (unpaired) electrons. The highest BCUT2D eigenvalue weighted by Crippen LogP contribution is 2.14. The van der Waals surface area contributed by atoms with Crippen molar-refractivity contribution in [3.05, 3.63) is 0 Å². The molecule has 1 aliphatic rings. The molecule has 0 spiro atoms. The second kappa shape index (κ2) is 3.04. The Labute approximate surface area is 62.7 Å². The van der Waals surface area contributed by atoms with Crippen LogP contribution in [0.15, 0.2) is 4.99 Å². The maximum Gasteiger partial charge on any atom is 0.0826 e. The van der Waals surface area contributed by atoms with Crippen LogP contribution in [0.3, 0.4) is 0 Å². The molecule has 0 aliphatic carbocycles. The smallest absolute Gasteiger partial charge is 0.0826 e. The Morgan fingerprint density at radius 2 is 2.30 bits per heavy atom. The van der Waals surface area contributed by atoms with E-state index in [4.69, 9.17) is 0 Å². The van der Waals surface area contributed by atoms with E-state index >= 15 is 0 Å². The summed E-state index contributed by atoms with van der Waals surface area (Å²) < 4.78 is 0. The van der Waals surface area contributed by atoms with E-state index in [0.29, 0.717) is 17.9 Å². The van der Waals surface area contributed by atoms with Gasteiger partial charge < -0.3 is 5.32 Å². The Bertz CT molecular complexity index is 129. The molecule has 10 heavy (non-hydrogen) atoms. The van der Waals surface area contributed by atoms with E-state index in [9.17, 15) is 0 Å². The Hall–Kier alpha value is -0.530. The van der Waals surface area contributed by atoms with E-state index in [1.165, 1.54) is 0 Å². The van der Waals surface area contributed by atoms with Gasteiger partial charge in [0, 0.05) is 12.6 Å². The predicted octanol–water partition coefficient (Wildman–Crippen LogP) is 1.28. The normalized spacial score (nSPS) is 32.4. The number of aliphatic imine (C=N–C) groups is 1. The van der Waals surface area contributed by atoms with Crippen molar-refractivity contribution in [1.29, 1.82) is 0 Å². The SMILES string of the molecule is CC(C)C1NC=NCC1C. The first-order valence-electron chi connectivity index (χ1n) is 3.96. The lowest BCUT2D eigenvalue weighted by Crippen LogP contribution is -2.42. The minimum absolute atomic E-state index is 0.623. The van der Waals surface area contributed by atoms with E-state index in [2.05, 4.69) is 31.1 Å². The summed E-state index contributed by atoms with van der Waals surface area (Å²) in [5.74, 6) is 1.40. The van der Waals surface area contributed by atoms with Gasteiger partial charge >= 0.3 is 0 Å². The monoisotopic (exact) mass is 140 g/mol. The molecule has 2 heteroatoms. The molecule has 58 valence electrons. The first kappa shape index (κ1) is 7.58. The fraction of sp³-hybridized carbons (Fsp3) is 0.875. The summed E-state index contributed by atoms with van der Waals surface area (Å²) in [6, 6.07) is 0.623. The highest BCUT2D eigenvalue weighted by Gasteiger charge is 2.20. The average Bonchev–Trinajstić information content (AvgIpc) is 1.88. The van der Waals surface area contributed by atoms with E-state index in [1.807, 2.05) is 6.34 Å². The number of rotatable bonds is 1. The standard InChI is InChI=1S/C8H16N2/c1-6(2)8-7(3)4-9-5-10-8/h5-8H,4H2,1-3H3,(H,9,10). The molecule has 1 heterocycles. The molecule has 0 amide bonds. The lowest BCUT2D eigenvalue weighted by atomic mass is 9.91. The minimum Gasteiger partial charge on any atom is -0.373 e. The Morgan fingerprint density at radius 3 is 2.70 bits per heavy atom. The van der Waals surface area contributed by atoms with Crippen LogP contribution in [-0.2, 0) is 0 Å². The van der Waals surface area contributed by atoms with Gasteiger partial charge in [-0.3, -0.25) is 4.99 Å². The van der Waals surface area contributed by atoms with Crippen molar-refractivity contribution in [1.82, 2.24) is 5.32 Å². The van der Waals surface area contributed by atoms with Gasteiger partial charge in [0.05, 0.1) is 6.34 Å². The molecule has 0 aromatic carbocycles. The van der Waals surface area contributed by atoms with E-state index in [0.717, 1.165) is 6.54 Å². The van der Waals surface area contributed by atoms with E-state index in [-0.39, 0.29) is 0 Å². The summed E-state index contributed by atoms with van der Waals surface area (Å²) in [5.41, 5.74) is 0. The van der Waals surface area contributed by atoms with Gasteiger partial charge in [-0.25, -0.2) is 0 Å². The van der Waals surface area contributed by atoms with Crippen LogP contribution in [0.5, 0.6) is 0 Å². The average molecular weight is 140 g/mol. The fourth-order valence-corrected chi connectivity index (χ4v) is 1.49. The molecule has 1 N–H and O–H groups in total. The van der Waals surface area contributed by atoms with Crippen molar-refractivity contribution >= 4 is 6.34 Å². The quantitative estimate of drug-likeness (QED) is 0.583. The van der Waals surface area contributed by atoms with Crippen LogP contribution >= 0.6 is 0 Å². The Balaban J connectivity index is 2.51. The van der Waals surface area contributed by atoms with Gasteiger partial charge in [0.2, 0.25) is 0 Å². The summed E-state index contributed by atoms with van der Waals surface area (Å²) >= 11 is 0. The summed E-state index contributed by atoms with van der Waals surface area (Å²) in [7, 11) is 0. The molecule has 2 unspecified atom stereocenters. The molecule has 0 aromatic rings. The third-order valence-electron chi connectivity index (χ3n) is 2.08. The molecule has 1 aliphatic heterocycles. The molecule has 0 saturated carbocycles. The number of nitrogens with zero attached hydrogens (tertiary/aromatic N) is 1. The number of hydrogen-bond acceptors (Lipinski definition) is 2. The first-order chi connectivity index (χ1) is 4.72. The van der Waals surface area contributed by atoms with Crippen LogP contribution < -0.4 is 5.32 Å². The first-order valence-corrected chi connectivity index (χ1v) is 3.96. The highest BCUT2D eigenvalue weighted by atomic mass is 15.0. The second-order valence-corrected chi connectivity index (χ2v) is 3.41. The van der Waals surface area contributed by atoms with Gasteiger partial charge in [-0.1, -0.05) is 20.8 Å². The summed E-state index contributed by atoms with van der Waals surface area (Å²) in [5, 5.41) is 3.28. The van der Waals surface area contributed by atoms with Crippen LogP contribution in [0.2, 0.25) is 0 Å². The van der Waals surface area contributed by atoms with Gasteiger partial charge in [0.15, 0.2) is 0 Å². The number of hydrogen-bond donors (Lipinski definition) is 1. The topological polar surface area (TPSA) is 24.4 Å². The van der Waals surface area contributed by atoms with Crippen molar-refractivity contribution in [2.24, 2.45) is 16.8 Å². The Kier molecular flexibility index (Phi) is 2.30. The molecule has 0 bridgehead atoms. The van der Waals surface area contributed by atoms with Crippen LogP contribution in [0.4, 0.5) is 0 Å². The van der Waals surface area contributed by atoms with Crippen LogP contribution in [0.25, 0.3) is 0 Å². The van der Waals surface area contributed by atoms with Gasteiger partial charge in [0.1, 0.15) is 0 Å². The van der Waals surface area contributed by atoms with Gasteiger partial charge in [-0.2, -0.15) is 0 Å². The molecule has 0 saturated heterocycles. The van der Waals surface area contributed by atoms with Crippen LogP contribution in [0, 0.1) is 11.8 Å². The van der Waals surface area contributed by atoms with E-state index < -0.39 is 0 Å². The van der Waals surface area contributed by atoms with E-state index in [1.54, 1.807) is 0 Å². The zero-order valence-corrected chi connectivity index (χ0v) is 6.96. The molecule has 2 atom stereocenters. The fourth-order valence-electron chi connectivity index (χ4n) is 1.49. The molecule has 2 nitrogen and oxygen atoms in total. The largest absolute Gasteiger partial charge is 0.373 e. The van der Waals surface area contributed by atoms with Crippen LogP contribution in [0.1, 0.15) is 20.8 Å². The summed E-state index contributed by atoms with van der Waals surface area (Å²) in [6.45, 7) is 7.71. The zero-order valence-electron chi connectivity index (χ0n) is 6.96. The molecule has 0 fully saturated rings. The summed E-state index contributed by atoms with van der Waals surface area (Å²) in [4.78, 5) is 4.15. The molecular formula is C8H16N2. The third-order valence-corrected chi connectivity index (χ3v) is 2.08. The van der Waals surface area contributed by atoms with Gasteiger partial charge in [0.25, 0.3) is 0 Å². The van der Waals surface area contributed by atoms with Gasteiger partial charge in [-0.05, 0) is 11.8 Å². The predicted molar refractivity (Wildman–Crippen MR) is 44.3 cm³/mol. The maximum absolute atomic E-state index is 4.15. The summed E-state index contributed by atoms with van der Waals surface area (Å²) in [6.07, 6.45) is 1.84. The minimum atomic E-state index is 0.623. The van der Waals surface area contributed by atoms with Crippen molar-refractivity contribution in [3.63, 3.8) is 0 Å². The molecule has 1 rings (SSSR count). The lowest BCUT2D eigenvalue weighted by Gasteiger charge is -2.29. The lowest BCUT2D eigenvalue weighted by molar-refractivity contribution is 0.331. The maximum atomic E-state index is 4.15. The number of nitrogens with one attached hydrogen (secondary N) is 1. The van der Waals surface area contributed by atoms with Crippen molar-refractivity contribution in [2.75, 3.05) is 6.54 Å². The molecule has 0 aromatic heterocycles. The van der Waals surface area contributed by atoms with Crippen molar-refractivity contribution < 1.29 is 0 Å². The Morgan fingerprint density at radius 1 is 1.60 bits per heavy atom.